The highest BCUT2D eigenvalue weighted by atomic mass is 32.1. The van der Waals surface area contributed by atoms with Crippen molar-refractivity contribution in [1.82, 2.24) is 9.55 Å². The summed E-state index contributed by atoms with van der Waals surface area (Å²) in [4.78, 5) is 15.1. The molecule has 6 nitrogen and oxygen atoms in total. The van der Waals surface area contributed by atoms with Gasteiger partial charge in [-0.05, 0) is 6.07 Å². The topological polar surface area (TPSA) is 90.4 Å². The largest absolute Gasteiger partial charge is 0.390 e. The van der Waals surface area contributed by atoms with Crippen LogP contribution in [0.4, 0.5) is 5.82 Å². The SMILES string of the molecule is Nc1ccn(C2CC(O)[C@@H](CS)O2)c(=O)n1. The molecule has 0 aromatic carbocycles. The summed E-state index contributed by atoms with van der Waals surface area (Å²) in [7, 11) is 0. The van der Waals surface area contributed by atoms with E-state index in [1.807, 2.05) is 0 Å². The Labute approximate surface area is 97.5 Å². The molecule has 2 unspecified atom stereocenters. The number of hydrogen-bond donors (Lipinski definition) is 3. The molecule has 88 valence electrons. The van der Waals surface area contributed by atoms with E-state index in [1.54, 1.807) is 0 Å². The number of nitrogens with zero attached hydrogens (tertiary/aromatic N) is 2. The lowest BCUT2D eigenvalue weighted by Crippen LogP contribution is -2.27. The molecule has 1 fully saturated rings. The van der Waals surface area contributed by atoms with Gasteiger partial charge in [0.15, 0.2) is 0 Å². The zero-order chi connectivity index (χ0) is 11.7. The highest BCUT2D eigenvalue weighted by Gasteiger charge is 2.34. The number of aliphatic hydroxyl groups excluding tert-OH is 1. The van der Waals surface area contributed by atoms with E-state index in [2.05, 4.69) is 17.6 Å². The number of nitrogen functional groups attached to an aromatic ring is 1. The first-order chi connectivity index (χ1) is 7.61. The van der Waals surface area contributed by atoms with Gasteiger partial charge in [0.05, 0.1) is 12.2 Å². The van der Waals surface area contributed by atoms with Crippen LogP contribution in [0.15, 0.2) is 17.1 Å². The molecule has 1 saturated heterocycles. The Morgan fingerprint density at radius 1 is 1.75 bits per heavy atom. The molecule has 3 N–H and O–H groups in total. The van der Waals surface area contributed by atoms with E-state index in [1.165, 1.54) is 16.8 Å². The summed E-state index contributed by atoms with van der Waals surface area (Å²) >= 11 is 4.06. The third-order valence-electron chi connectivity index (χ3n) is 2.55. The predicted octanol–water partition coefficient (Wildman–Crippen LogP) is -0.596. The number of hydrogen-bond acceptors (Lipinski definition) is 6. The van der Waals surface area contributed by atoms with Gasteiger partial charge in [-0.15, -0.1) is 0 Å². The summed E-state index contributed by atoms with van der Waals surface area (Å²) in [6, 6.07) is 1.52. The summed E-state index contributed by atoms with van der Waals surface area (Å²) in [5.41, 5.74) is 4.91. The Morgan fingerprint density at radius 3 is 3.06 bits per heavy atom. The maximum Gasteiger partial charge on any atom is 0.351 e. The number of nitrogens with two attached hydrogens (primary N) is 1. The van der Waals surface area contributed by atoms with Gasteiger partial charge < -0.3 is 15.6 Å². The van der Waals surface area contributed by atoms with Gasteiger partial charge in [0.25, 0.3) is 0 Å². The average molecular weight is 243 g/mol. The van der Waals surface area contributed by atoms with Crippen LogP contribution < -0.4 is 11.4 Å². The fraction of sp³-hybridized carbons (Fsp3) is 0.556. The Kier molecular flexibility index (Phi) is 3.17. The van der Waals surface area contributed by atoms with Crippen LogP contribution in [0.1, 0.15) is 12.6 Å². The molecule has 1 aromatic heterocycles. The number of aromatic nitrogens is 2. The lowest BCUT2D eigenvalue weighted by molar-refractivity contribution is -0.00728. The van der Waals surface area contributed by atoms with Gasteiger partial charge >= 0.3 is 5.69 Å². The molecule has 1 aliphatic rings. The first-order valence-corrected chi connectivity index (χ1v) is 5.54. The summed E-state index contributed by atoms with van der Waals surface area (Å²) < 4.78 is 6.81. The van der Waals surface area contributed by atoms with Gasteiger partial charge in [0.1, 0.15) is 12.0 Å². The van der Waals surface area contributed by atoms with E-state index in [4.69, 9.17) is 10.5 Å². The molecule has 3 atom stereocenters. The highest BCUT2D eigenvalue weighted by molar-refractivity contribution is 7.80. The Balaban J connectivity index is 2.23. The lowest BCUT2D eigenvalue weighted by Gasteiger charge is -2.14. The van der Waals surface area contributed by atoms with Gasteiger partial charge in [-0.25, -0.2) is 4.79 Å². The minimum atomic E-state index is -0.605. The van der Waals surface area contributed by atoms with Crippen molar-refractivity contribution in [2.24, 2.45) is 0 Å². The second-order valence-electron chi connectivity index (χ2n) is 3.66. The molecule has 0 aliphatic carbocycles. The van der Waals surface area contributed by atoms with Crippen molar-refractivity contribution in [3.8, 4) is 0 Å². The monoisotopic (exact) mass is 243 g/mol. The number of thiol groups is 1. The number of ether oxygens (including phenoxy) is 1. The van der Waals surface area contributed by atoms with E-state index in [0.29, 0.717) is 12.2 Å². The molecule has 16 heavy (non-hydrogen) atoms. The molecule has 0 saturated carbocycles. The summed E-state index contributed by atoms with van der Waals surface area (Å²) in [6.45, 7) is 0. The first kappa shape index (κ1) is 11.4. The van der Waals surface area contributed by atoms with Crippen LogP contribution in [0.5, 0.6) is 0 Å². The third kappa shape index (κ3) is 2.06. The molecule has 0 bridgehead atoms. The molecule has 1 aromatic rings. The van der Waals surface area contributed by atoms with Crippen molar-refractivity contribution in [1.29, 1.82) is 0 Å². The van der Waals surface area contributed by atoms with Crippen molar-refractivity contribution >= 4 is 18.4 Å². The second kappa shape index (κ2) is 4.44. The van der Waals surface area contributed by atoms with Crippen LogP contribution in [0.3, 0.4) is 0 Å². The Hall–Kier alpha value is -1.05. The molecule has 0 amide bonds. The van der Waals surface area contributed by atoms with Crippen LogP contribution in [-0.4, -0.2) is 32.6 Å². The standard InChI is InChI=1S/C9H13N3O3S/c10-7-1-2-12(9(14)11-7)8-3-5(13)6(4-16)15-8/h1-2,5-6,8,13,16H,3-4H2,(H2,10,11,14)/t5?,6-,8?/m1/s1. The minimum Gasteiger partial charge on any atom is -0.390 e. The fourth-order valence-electron chi connectivity index (χ4n) is 1.70. The Morgan fingerprint density at radius 2 is 2.50 bits per heavy atom. The molecule has 2 rings (SSSR count). The number of aliphatic hydroxyl groups is 1. The van der Waals surface area contributed by atoms with Crippen LogP contribution >= 0.6 is 12.6 Å². The Bertz CT molecular complexity index is 436. The molecule has 0 spiro atoms. The highest BCUT2D eigenvalue weighted by Crippen LogP contribution is 2.27. The quantitative estimate of drug-likeness (QED) is 0.604. The van der Waals surface area contributed by atoms with Crippen molar-refractivity contribution in [2.75, 3.05) is 11.5 Å². The maximum atomic E-state index is 11.5. The van der Waals surface area contributed by atoms with E-state index in [9.17, 15) is 9.90 Å². The van der Waals surface area contributed by atoms with Crippen molar-refractivity contribution in [3.63, 3.8) is 0 Å². The second-order valence-corrected chi connectivity index (χ2v) is 4.02. The smallest absolute Gasteiger partial charge is 0.351 e. The first-order valence-electron chi connectivity index (χ1n) is 4.91. The van der Waals surface area contributed by atoms with Gasteiger partial charge in [0.2, 0.25) is 0 Å². The molecule has 1 aliphatic heterocycles. The van der Waals surface area contributed by atoms with E-state index >= 15 is 0 Å². The minimum absolute atomic E-state index is 0.172. The van der Waals surface area contributed by atoms with Gasteiger partial charge in [-0.3, -0.25) is 4.57 Å². The molecular formula is C9H13N3O3S. The van der Waals surface area contributed by atoms with Gasteiger partial charge in [0, 0.05) is 18.4 Å². The lowest BCUT2D eigenvalue weighted by atomic mass is 10.2. The van der Waals surface area contributed by atoms with Gasteiger partial charge in [-0.2, -0.15) is 17.6 Å². The summed E-state index contributed by atoms with van der Waals surface area (Å²) in [5, 5.41) is 9.63. The van der Waals surface area contributed by atoms with Crippen molar-refractivity contribution < 1.29 is 9.84 Å². The predicted molar refractivity (Wildman–Crippen MR) is 61.3 cm³/mol. The maximum absolute atomic E-state index is 11.5. The summed E-state index contributed by atoms with van der Waals surface area (Å²) in [5.74, 6) is 0.583. The van der Waals surface area contributed by atoms with Crippen LogP contribution in [0.25, 0.3) is 0 Å². The van der Waals surface area contributed by atoms with E-state index < -0.39 is 18.0 Å². The number of rotatable bonds is 2. The van der Waals surface area contributed by atoms with Crippen LogP contribution in [0.2, 0.25) is 0 Å². The summed E-state index contributed by atoms with van der Waals surface area (Å²) in [6.07, 6.45) is 0.428. The average Bonchev–Trinajstić information content (AvgIpc) is 2.59. The number of anilines is 1. The van der Waals surface area contributed by atoms with Crippen molar-refractivity contribution in [3.05, 3.63) is 22.7 Å². The third-order valence-corrected chi connectivity index (χ3v) is 2.91. The van der Waals surface area contributed by atoms with Crippen LogP contribution in [0, 0.1) is 0 Å². The molecule has 0 radical (unpaired) electrons. The zero-order valence-corrected chi connectivity index (χ0v) is 9.38. The van der Waals surface area contributed by atoms with E-state index in [-0.39, 0.29) is 11.9 Å². The van der Waals surface area contributed by atoms with Crippen molar-refractivity contribution in [2.45, 2.75) is 24.9 Å². The molecule has 2 heterocycles. The van der Waals surface area contributed by atoms with Gasteiger partial charge in [-0.1, -0.05) is 0 Å². The van der Waals surface area contributed by atoms with Crippen LogP contribution in [-0.2, 0) is 4.74 Å². The molecular weight excluding hydrogens is 230 g/mol. The zero-order valence-electron chi connectivity index (χ0n) is 8.48. The fourth-order valence-corrected chi connectivity index (χ4v) is 2.02. The molecule has 7 heteroatoms. The van der Waals surface area contributed by atoms with E-state index in [0.717, 1.165) is 0 Å². The normalized spacial score (nSPS) is 29.5.